The van der Waals surface area contributed by atoms with E-state index < -0.39 is 5.79 Å². The molecular weight excluding hydrogens is 408 g/mol. The maximum Gasteiger partial charge on any atom is 0.270 e. The lowest BCUT2D eigenvalue weighted by Gasteiger charge is -2.58. The molecule has 2 atom stereocenters. The van der Waals surface area contributed by atoms with E-state index in [9.17, 15) is 0 Å². The molecule has 4 nitrogen and oxygen atoms in total. The highest BCUT2D eigenvalue weighted by molar-refractivity contribution is 5.45. The van der Waals surface area contributed by atoms with Crippen molar-refractivity contribution in [3.8, 4) is 0 Å². The Morgan fingerprint density at radius 3 is 2.16 bits per heavy atom. The molecule has 164 valence electrons. The van der Waals surface area contributed by atoms with Crippen molar-refractivity contribution < 1.29 is 26.4 Å². The minimum atomic E-state index is -0.706. The summed E-state index contributed by atoms with van der Waals surface area (Å²) in [5, 5.41) is 0. The van der Waals surface area contributed by atoms with Gasteiger partial charge in [-0.25, -0.2) is 9.13 Å². The number of halogens is 1. The van der Waals surface area contributed by atoms with E-state index in [2.05, 4.69) is 104 Å². The monoisotopic (exact) mass is 438 g/mol. The number of benzene rings is 2. The van der Waals surface area contributed by atoms with Crippen LogP contribution in [0, 0.1) is 5.41 Å². The van der Waals surface area contributed by atoms with Crippen molar-refractivity contribution >= 4 is 0 Å². The van der Waals surface area contributed by atoms with E-state index in [4.69, 9.17) is 9.47 Å². The van der Waals surface area contributed by atoms with Crippen LogP contribution in [-0.2, 0) is 16.0 Å². The molecule has 0 spiro atoms. The molecule has 2 aromatic carbocycles. The average Bonchev–Trinajstić information content (AvgIpc) is 3.14. The molecule has 31 heavy (non-hydrogen) atoms. The predicted molar refractivity (Wildman–Crippen MR) is 116 cm³/mol. The van der Waals surface area contributed by atoms with E-state index in [1.54, 1.807) is 0 Å². The summed E-state index contributed by atoms with van der Waals surface area (Å²) >= 11 is 0. The van der Waals surface area contributed by atoms with Gasteiger partial charge in [0.2, 0.25) is 0 Å². The Kier molecular flexibility index (Phi) is 5.76. The Labute approximate surface area is 191 Å². The Bertz CT molecular complexity index is 1050. The predicted octanol–water partition coefficient (Wildman–Crippen LogP) is 1.67. The van der Waals surface area contributed by atoms with Crippen LogP contribution in [0.3, 0.4) is 0 Å². The number of aromatic nitrogens is 2. The van der Waals surface area contributed by atoms with Crippen LogP contribution < -0.4 is 17.0 Å². The number of fused-ring (bicyclic) bond motifs is 1. The first kappa shape index (κ1) is 22.1. The zero-order valence-electron chi connectivity index (χ0n) is 18.7. The largest absolute Gasteiger partial charge is 1.00 e. The lowest BCUT2D eigenvalue weighted by Crippen LogP contribution is -3.00. The van der Waals surface area contributed by atoms with Crippen molar-refractivity contribution in [1.82, 2.24) is 4.57 Å². The van der Waals surface area contributed by atoms with Gasteiger partial charge in [-0.15, -0.1) is 0 Å². The molecule has 6 rings (SSSR count). The van der Waals surface area contributed by atoms with E-state index in [-0.39, 0.29) is 29.8 Å². The Morgan fingerprint density at radius 2 is 1.52 bits per heavy atom. The summed E-state index contributed by atoms with van der Waals surface area (Å²) in [7, 11) is 0. The summed E-state index contributed by atoms with van der Waals surface area (Å²) in [6, 6.07) is 19.6. The van der Waals surface area contributed by atoms with Crippen LogP contribution in [0.5, 0.6) is 0 Å². The van der Waals surface area contributed by atoms with Gasteiger partial charge in [0.25, 0.3) is 5.82 Å². The van der Waals surface area contributed by atoms with Crippen LogP contribution in [0.4, 0.5) is 0 Å². The highest BCUT2D eigenvalue weighted by Gasteiger charge is 2.70. The second-order valence-electron chi connectivity index (χ2n) is 8.90. The molecule has 3 aliphatic rings. The van der Waals surface area contributed by atoms with Crippen LogP contribution in [0.25, 0.3) is 0 Å². The number of hydrogen-bond acceptors (Lipinski definition) is 2. The minimum absolute atomic E-state index is 0. The van der Waals surface area contributed by atoms with Crippen LogP contribution in [0.15, 0.2) is 67.0 Å². The van der Waals surface area contributed by atoms with Crippen molar-refractivity contribution in [2.24, 2.45) is 5.41 Å². The zero-order chi connectivity index (χ0) is 20.9. The second-order valence-corrected chi connectivity index (χ2v) is 8.90. The summed E-state index contributed by atoms with van der Waals surface area (Å²) in [6.45, 7) is 10.8. The third-order valence-corrected chi connectivity index (χ3v) is 6.98. The molecule has 2 bridgehead atoms. The highest BCUT2D eigenvalue weighted by Crippen LogP contribution is 2.61. The first-order valence-corrected chi connectivity index (χ1v) is 11.1. The number of imidazole rings is 1. The molecule has 0 N–H and O–H groups in total. The van der Waals surface area contributed by atoms with E-state index in [0.29, 0.717) is 13.2 Å². The zero-order valence-corrected chi connectivity index (χ0v) is 19.5. The molecule has 2 aliphatic heterocycles. The van der Waals surface area contributed by atoms with E-state index in [1.807, 2.05) is 0 Å². The first-order valence-electron chi connectivity index (χ1n) is 11.1. The summed E-state index contributed by atoms with van der Waals surface area (Å²) in [4.78, 5) is 0. The highest BCUT2D eigenvalue weighted by atomic mass is 35.5. The molecule has 0 unspecified atom stereocenters. The third-order valence-electron chi connectivity index (χ3n) is 6.98. The molecule has 3 heterocycles. The molecule has 0 fully saturated rings. The molecule has 0 radical (unpaired) electrons. The van der Waals surface area contributed by atoms with Crippen molar-refractivity contribution in [2.45, 2.75) is 52.0 Å². The molecule has 0 saturated carbocycles. The fraction of sp³-hybridized carbons (Fsp3) is 0.423. The van der Waals surface area contributed by atoms with E-state index in [0.717, 1.165) is 6.54 Å². The first-order chi connectivity index (χ1) is 14.5. The molecule has 0 saturated heterocycles. The molecule has 3 aromatic rings. The molecule has 5 heteroatoms. The van der Waals surface area contributed by atoms with Crippen LogP contribution in [0.1, 0.15) is 62.2 Å². The SMILES string of the molecule is CCOC1(OCC)[C@H]2c3ccccc3[C@H]([n+]3ccn(Cc4ccccc4)c32)C1(C)C.[Cl-]. The van der Waals surface area contributed by atoms with Crippen molar-refractivity contribution in [2.75, 3.05) is 13.2 Å². The van der Waals surface area contributed by atoms with Crippen LogP contribution in [-0.4, -0.2) is 23.6 Å². The molecular formula is C26H31ClN2O2. The van der Waals surface area contributed by atoms with Crippen LogP contribution in [0.2, 0.25) is 0 Å². The van der Waals surface area contributed by atoms with Gasteiger partial charge in [-0.1, -0.05) is 68.4 Å². The average molecular weight is 439 g/mol. The maximum absolute atomic E-state index is 6.60. The van der Waals surface area contributed by atoms with Gasteiger partial charge in [0, 0.05) is 18.8 Å². The second kappa shape index (κ2) is 8.09. The van der Waals surface area contributed by atoms with Gasteiger partial charge in [0.1, 0.15) is 30.9 Å². The van der Waals surface area contributed by atoms with Crippen molar-refractivity contribution in [1.29, 1.82) is 0 Å². The van der Waals surface area contributed by atoms with E-state index in [1.165, 1.54) is 22.5 Å². The normalized spacial score (nSPS) is 21.8. The van der Waals surface area contributed by atoms with Gasteiger partial charge in [0.05, 0.1) is 5.41 Å². The van der Waals surface area contributed by atoms with Crippen molar-refractivity contribution in [3.63, 3.8) is 0 Å². The summed E-state index contributed by atoms with van der Waals surface area (Å²) < 4.78 is 18.0. The van der Waals surface area contributed by atoms with Gasteiger partial charge in [-0.3, -0.25) is 0 Å². The van der Waals surface area contributed by atoms with Crippen LogP contribution >= 0.6 is 0 Å². The Balaban J connectivity index is 0.00000231. The molecule has 1 aromatic heterocycles. The summed E-state index contributed by atoms with van der Waals surface area (Å²) in [5.74, 6) is 0.568. The molecule has 0 amide bonds. The lowest BCUT2D eigenvalue weighted by molar-refractivity contribution is -0.755. The maximum atomic E-state index is 6.60. The van der Waals surface area contributed by atoms with Gasteiger partial charge in [0.15, 0.2) is 5.79 Å². The van der Waals surface area contributed by atoms with Gasteiger partial charge in [-0.05, 0) is 25.0 Å². The molecule has 1 aliphatic carbocycles. The fourth-order valence-corrected chi connectivity index (χ4v) is 5.90. The van der Waals surface area contributed by atoms with Gasteiger partial charge < -0.3 is 21.9 Å². The topological polar surface area (TPSA) is 27.3 Å². The summed E-state index contributed by atoms with van der Waals surface area (Å²) in [5.41, 5.74) is 3.78. The Morgan fingerprint density at radius 1 is 0.903 bits per heavy atom. The number of rotatable bonds is 6. The summed E-state index contributed by atoms with van der Waals surface area (Å²) in [6.07, 6.45) is 4.47. The number of ether oxygens (including phenoxy) is 2. The van der Waals surface area contributed by atoms with E-state index >= 15 is 0 Å². The van der Waals surface area contributed by atoms with Crippen molar-refractivity contribution in [3.05, 3.63) is 89.5 Å². The third kappa shape index (κ3) is 3.00. The van der Waals surface area contributed by atoms with Gasteiger partial charge in [-0.2, -0.15) is 0 Å². The van der Waals surface area contributed by atoms with Gasteiger partial charge >= 0.3 is 0 Å². The smallest absolute Gasteiger partial charge is 0.270 e. The number of hydrogen-bond donors (Lipinski definition) is 0. The minimum Gasteiger partial charge on any atom is -1.00 e. The lowest BCUT2D eigenvalue weighted by atomic mass is 9.58. The fourth-order valence-electron chi connectivity index (χ4n) is 5.90. The standard InChI is InChI=1S/C26H31N2O2.ClH/c1-5-29-26(30-6-2)22-20-14-10-11-15-21(20)23(25(26,3)4)28-17-16-27(24(22)28)18-19-12-8-7-9-13-19;/h7-17,22-23H,5-6,18H2,1-4H3;1H/q+1;/p-1/t22-,23-;/m0./s1. The number of nitrogens with zero attached hydrogens (tertiary/aromatic N) is 2. The Hall–Kier alpha value is -2.14. The quantitative estimate of drug-likeness (QED) is 0.432.